The molecule has 1 aromatic rings. The minimum absolute atomic E-state index is 0.213. The van der Waals surface area contributed by atoms with E-state index < -0.39 is 41.1 Å². The summed E-state index contributed by atoms with van der Waals surface area (Å²) in [6.07, 6.45) is 2.19. The van der Waals surface area contributed by atoms with Gasteiger partial charge in [-0.2, -0.15) is 0 Å². The average Bonchev–Trinajstić information content (AvgIpc) is 3.02. The van der Waals surface area contributed by atoms with E-state index in [0.717, 1.165) is 31.7 Å². The van der Waals surface area contributed by atoms with E-state index in [9.17, 15) is 22.8 Å². The molecule has 1 aliphatic rings. The fourth-order valence-electron chi connectivity index (χ4n) is 2.34. The minimum Gasteiger partial charge on any atom is -0.452 e. The summed E-state index contributed by atoms with van der Waals surface area (Å²) in [4.78, 5) is 23.6. The SMILES string of the molecule is C[C@H](OC(=O)C1CCCC1)C(=O)Nc1ccc(F)c(F)c1F. The van der Waals surface area contributed by atoms with Gasteiger partial charge in [0, 0.05) is 0 Å². The summed E-state index contributed by atoms with van der Waals surface area (Å²) in [6, 6.07) is 1.60. The lowest BCUT2D eigenvalue weighted by atomic mass is 10.1. The number of carbonyl (C=O) groups is 2. The van der Waals surface area contributed by atoms with Crippen LogP contribution in [0.15, 0.2) is 12.1 Å². The Morgan fingerprint density at radius 1 is 1.18 bits per heavy atom. The van der Waals surface area contributed by atoms with Crippen LogP contribution in [-0.2, 0) is 14.3 Å². The van der Waals surface area contributed by atoms with Crippen molar-refractivity contribution in [2.45, 2.75) is 38.7 Å². The van der Waals surface area contributed by atoms with Crippen LogP contribution in [0.1, 0.15) is 32.6 Å². The molecule has 1 fully saturated rings. The highest BCUT2D eigenvalue weighted by atomic mass is 19.2. The second-order valence-corrected chi connectivity index (χ2v) is 5.27. The van der Waals surface area contributed by atoms with E-state index in [0.29, 0.717) is 6.07 Å². The van der Waals surface area contributed by atoms with Crippen LogP contribution < -0.4 is 5.32 Å². The lowest BCUT2D eigenvalue weighted by Gasteiger charge is -2.16. The number of amides is 1. The molecule has 1 N–H and O–H groups in total. The molecule has 2 rings (SSSR count). The summed E-state index contributed by atoms with van der Waals surface area (Å²) in [6.45, 7) is 1.33. The van der Waals surface area contributed by atoms with Gasteiger partial charge in [0.2, 0.25) is 0 Å². The maximum atomic E-state index is 13.5. The molecule has 1 amide bonds. The molecule has 1 aliphatic carbocycles. The Bertz CT molecular complexity index is 586. The van der Waals surface area contributed by atoms with Gasteiger partial charge < -0.3 is 10.1 Å². The van der Waals surface area contributed by atoms with Gasteiger partial charge in [0.1, 0.15) is 0 Å². The second kappa shape index (κ2) is 6.81. The molecule has 0 bridgehead atoms. The van der Waals surface area contributed by atoms with Gasteiger partial charge in [0.05, 0.1) is 11.6 Å². The standard InChI is InChI=1S/C15H16F3NO3/c1-8(22-15(21)9-4-2-3-5-9)14(20)19-11-7-6-10(16)12(17)13(11)18/h6-9H,2-5H2,1H3,(H,19,20)/t8-/m0/s1. The predicted octanol–water partition coefficient (Wildman–Crippen LogP) is 3.16. The lowest BCUT2D eigenvalue weighted by Crippen LogP contribution is -2.32. The fraction of sp³-hybridized carbons (Fsp3) is 0.467. The maximum Gasteiger partial charge on any atom is 0.309 e. The third-order valence-electron chi connectivity index (χ3n) is 3.64. The molecule has 0 aliphatic heterocycles. The Labute approximate surface area is 125 Å². The van der Waals surface area contributed by atoms with E-state index in [1.165, 1.54) is 6.92 Å². The summed E-state index contributed by atoms with van der Waals surface area (Å²) < 4.78 is 44.4. The molecule has 1 aromatic carbocycles. The normalized spacial score (nSPS) is 16.4. The first-order valence-electron chi connectivity index (χ1n) is 7.05. The predicted molar refractivity (Wildman–Crippen MR) is 72.5 cm³/mol. The second-order valence-electron chi connectivity index (χ2n) is 5.27. The van der Waals surface area contributed by atoms with Gasteiger partial charge in [-0.25, -0.2) is 13.2 Å². The number of anilines is 1. The number of benzene rings is 1. The Morgan fingerprint density at radius 3 is 2.45 bits per heavy atom. The highest BCUT2D eigenvalue weighted by molar-refractivity contribution is 5.95. The van der Waals surface area contributed by atoms with Gasteiger partial charge in [0.25, 0.3) is 5.91 Å². The van der Waals surface area contributed by atoms with Crippen LogP contribution in [0.3, 0.4) is 0 Å². The molecule has 120 valence electrons. The zero-order valence-corrected chi connectivity index (χ0v) is 12.0. The van der Waals surface area contributed by atoms with Gasteiger partial charge in [-0.3, -0.25) is 9.59 Å². The number of halogens is 3. The van der Waals surface area contributed by atoms with Crippen molar-refractivity contribution < 1.29 is 27.5 Å². The molecule has 22 heavy (non-hydrogen) atoms. The van der Waals surface area contributed by atoms with E-state index in [4.69, 9.17) is 4.74 Å². The average molecular weight is 315 g/mol. The number of hydrogen-bond acceptors (Lipinski definition) is 3. The van der Waals surface area contributed by atoms with Crippen LogP contribution in [-0.4, -0.2) is 18.0 Å². The highest BCUT2D eigenvalue weighted by Crippen LogP contribution is 2.26. The van der Waals surface area contributed by atoms with Gasteiger partial charge in [0.15, 0.2) is 23.6 Å². The van der Waals surface area contributed by atoms with E-state index in [-0.39, 0.29) is 5.92 Å². The Kier molecular flexibility index (Phi) is 5.05. The zero-order valence-electron chi connectivity index (χ0n) is 12.0. The minimum atomic E-state index is -1.67. The third kappa shape index (κ3) is 3.58. The maximum absolute atomic E-state index is 13.5. The van der Waals surface area contributed by atoms with Crippen molar-refractivity contribution in [2.24, 2.45) is 5.92 Å². The molecule has 0 spiro atoms. The first-order chi connectivity index (χ1) is 10.4. The molecule has 0 unspecified atom stereocenters. The molecule has 1 saturated carbocycles. The molecule has 1 atom stereocenters. The summed E-state index contributed by atoms with van der Waals surface area (Å²) in [5, 5.41) is 2.08. The van der Waals surface area contributed by atoms with Crippen molar-refractivity contribution in [3.05, 3.63) is 29.6 Å². The molecular formula is C15H16F3NO3. The smallest absolute Gasteiger partial charge is 0.309 e. The van der Waals surface area contributed by atoms with Crippen molar-refractivity contribution in [1.82, 2.24) is 0 Å². The summed E-state index contributed by atoms with van der Waals surface area (Å²) in [7, 11) is 0. The topological polar surface area (TPSA) is 55.4 Å². The lowest BCUT2D eigenvalue weighted by molar-refractivity contribution is -0.157. The first kappa shape index (κ1) is 16.3. The van der Waals surface area contributed by atoms with Gasteiger partial charge in [-0.1, -0.05) is 12.8 Å². The molecule has 7 heteroatoms. The van der Waals surface area contributed by atoms with Crippen LogP contribution in [0.5, 0.6) is 0 Å². The van der Waals surface area contributed by atoms with Crippen molar-refractivity contribution in [1.29, 1.82) is 0 Å². The van der Waals surface area contributed by atoms with Crippen LogP contribution in [0, 0.1) is 23.4 Å². The molecule has 0 saturated heterocycles. The van der Waals surface area contributed by atoms with Crippen LogP contribution in [0.25, 0.3) is 0 Å². The monoisotopic (exact) mass is 315 g/mol. The number of esters is 1. The summed E-state index contributed by atoms with van der Waals surface area (Å²) in [5.41, 5.74) is -0.507. The van der Waals surface area contributed by atoms with Crippen molar-refractivity contribution in [3.63, 3.8) is 0 Å². The van der Waals surface area contributed by atoms with Crippen LogP contribution in [0.4, 0.5) is 18.9 Å². The number of nitrogens with one attached hydrogen (secondary N) is 1. The van der Waals surface area contributed by atoms with E-state index in [1.807, 2.05) is 0 Å². The molecule has 0 radical (unpaired) electrons. The van der Waals surface area contributed by atoms with E-state index in [1.54, 1.807) is 0 Å². The largest absolute Gasteiger partial charge is 0.452 e. The van der Waals surface area contributed by atoms with Gasteiger partial charge >= 0.3 is 5.97 Å². The van der Waals surface area contributed by atoms with Crippen LogP contribution in [0.2, 0.25) is 0 Å². The number of hydrogen-bond donors (Lipinski definition) is 1. The Morgan fingerprint density at radius 2 is 1.82 bits per heavy atom. The first-order valence-corrected chi connectivity index (χ1v) is 7.05. The molecule has 4 nitrogen and oxygen atoms in total. The van der Waals surface area contributed by atoms with E-state index >= 15 is 0 Å². The third-order valence-corrected chi connectivity index (χ3v) is 3.64. The van der Waals surface area contributed by atoms with Crippen molar-refractivity contribution >= 4 is 17.6 Å². The zero-order chi connectivity index (χ0) is 16.3. The Hall–Kier alpha value is -2.05. The summed E-state index contributed by atoms with van der Waals surface area (Å²) >= 11 is 0. The van der Waals surface area contributed by atoms with Crippen molar-refractivity contribution in [3.8, 4) is 0 Å². The quantitative estimate of drug-likeness (QED) is 0.686. The van der Waals surface area contributed by atoms with Gasteiger partial charge in [-0.15, -0.1) is 0 Å². The van der Waals surface area contributed by atoms with Crippen molar-refractivity contribution in [2.75, 3.05) is 5.32 Å². The number of rotatable bonds is 4. The summed E-state index contributed by atoms with van der Waals surface area (Å²) in [5.74, 6) is -6.01. The molecule has 0 heterocycles. The van der Waals surface area contributed by atoms with Gasteiger partial charge in [-0.05, 0) is 31.9 Å². The molecular weight excluding hydrogens is 299 g/mol. The number of ether oxygens (including phenoxy) is 1. The van der Waals surface area contributed by atoms with E-state index in [2.05, 4.69) is 5.32 Å². The Balaban J connectivity index is 1.96. The van der Waals surface area contributed by atoms with Crippen LogP contribution >= 0.6 is 0 Å². The fourth-order valence-corrected chi connectivity index (χ4v) is 2.34. The highest BCUT2D eigenvalue weighted by Gasteiger charge is 2.28. The molecule has 0 aromatic heterocycles. The number of carbonyl (C=O) groups excluding carboxylic acids is 2.